The van der Waals surface area contributed by atoms with E-state index in [1.807, 2.05) is 6.92 Å². The molecule has 0 aromatic carbocycles. The van der Waals surface area contributed by atoms with Crippen LogP contribution in [0.15, 0.2) is 0 Å². The lowest BCUT2D eigenvalue weighted by Crippen LogP contribution is -2.19. The molecule has 17 heavy (non-hydrogen) atoms. The highest BCUT2D eigenvalue weighted by atomic mass is 16.5. The van der Waals surface area contributed by atoms with Gasteiger partial charge in [-0.25, -0.2) is 4.79 Å². The molecule has 0 radical (unpaired) electrons. The number of pyridine rings is 1. The molecule has 0 saturated heterocycles. The highest BCUT2D eigenvalue weighted by Crippen LogP contribution is 2.36. The zero-order valence-electron chi connectivity index (χ0n) is 10.5. The summed E-state index contributed by atoms with van der Waals surface area (Å²) in [7, 11) is 0. The normalized spacial score (nSPS) is 13.9. The van der Waals surface area contributed by atoms with E-state index in [4.69, 9.17) is 10.5 Å². The predicted octanol–water partition coefficient (Wildman–Crippen LogP) is 2.46. The lowest BCUT2D eigenvalue weighted by molar-refractivity contribution is 0.210. The zero-order valence-corrected chi connectivity index (χ0v) is 10.5. The highest BCUT2D eigenvalue weighted by molar-refractivity contribution is 5.70. The molecule has 1 amide bonds. The van der Waals surface area contributed by atoms with Gasteiger partial charge >= 0.3 is 6.09 Å². The van der Waals surface area contributed by atoms with Gasteiger partial charge < -0.3 is 10.5 Å². The van der Waals surface area contributed by atoms with E-state index < -0.39 is 6.09 Å². The number of rotatable bonds is 2. The van der Waals surface area contributed by atoms with Crippen molar-refractivity contribution in [2.45, 2.75) is 46.0 Å². The molecule has 0 fully saturated rings. The monoisotopic (exact) mass is 234 g/mol. The molecule has 1 aliphatic rings. The molecule has 92 valence electrons. The van der Waals surface area contributed by atoms with Crippen molar-refractivity contribution in [1.82, 2.24) is 4.98 Å². The second-order valence-electron chi connectivity index (χ2n) is 4.81. The van der Waals surface area contributed by atoms with E-state index in [9.17, 15) is 4.79 Å². The average Bonchev–Trinajstić information content (AvgIpc) is 2.68. The van der Waals surface area contributed by atoms with Gasteiger partial charge in [0.15, 0.2) is 0 Å². The van der Waals surface area contributed by atoms with Crippen LogP contribution in [0.5, 0.6) is 5.75 Å². The Hall–Kier alpha value is -1.58. The number of ether oxygens (including phenoxy) is 1. The fraction of sp³-hybridized carbons (Fsp3) is 0.538. The fourth-order valence-corrected chi connectivity index (χ4v) is 2.47. The van der Waals surface area contributed by atoms with E-state index in [-0.39, 0.29) is 0 Å². The molecule has 4 heteroatoms. The number of amides is 1. The van der Waals surface area contributed by atoms with Gasteiger partial charge in [0.2, 0.25) is 0 Å². The molecular formula is C13H18N2O2. The molecule has 0 aliphatic heterocycles. The van der Waals surface area contributed by atoms with Crippen molar-refractivity contribution in [1.29, 1.82) is 0 Å². The summed E-state index contributed by atoms with van der Waals surface area (Å²) in [5.74, 6) is 0.958. The van der Waals surface area contributed by atoms with Crippen LogP contribution < -0.4 is 10.5 Å². The number of primary amides is 1. The number of nitrogens with zero attached hydrogens (tertiary/aromatic N) is 1. The maximum absolute atomic E-state index is 11.0. The van der Waals surface area contributed by atoms with Crippen LogP contribution >= 0.6 is 0 Å². The molecule has 2 N–H and O–H groups in total. The number of aromatic nitrogens is 1. The summed E-state index contributed by atoms with van der Waals surface area (Å²) in [5, 5.41) is 0. The van der Waals surface area contributed by atoms with E-state index in [0.29, 0.717) is 11.7 Å². The van der Waals surface area contributed by atoms with E-state index in [1.54, 1.807) is 0 Å². The van der Waals surface area contributed by atoms with Crippen LogP contribution in [0.25, 0.3) is 0 Å². The lowest BCUT2D eigenvalue weighted by atomic mass is 10.0. The van der Waals surface area contributed by atoms with Crippen molar-refractivity contribution in [2.75, 3.05) is 0 Å². The average molecular weight is 234 g/mol. The first-order chi connectivity index (χ1) is 8.00. The van der Waals surface area contributed by atoms with Crippen LogP contribution in [0.1, 0.15) is 48.7 Å². The molecule has 1 aromatic rings. The van der Waals surface area contributed by atoms with Gasteiger partial charge in [-0.05, 0) is 32.1 Å². The van der Waals surface area contributed by atoms with Crippen molar-refractivity contribution in [3.8, 4) is 5.75 Å². The molecule has 1 aliphatic carbocycles. The van der Waals surface area contributed by atoms with Crippen molar-refractivity contribution < 1.29 is 9.53 Å². The van der Waals surface area contributed by atoms with Crippen molar-refractivity contribution in [3.63, 3.8) is 0 Å². The first-order valence-corrected chi connectivity index (χ1v) is 6.00. The number of carbonyl (C=O) groups excluding carboxylic acids is 1. The largest absolute Gasteiger partial charge is 0.410 e. The number of carbonyl (C=O) groups is 1. The predicted molar refractivity (Wildman–Crippen MR) is 65.3 cm³/mol. The van der Waals surface area contributed by atoms with Crippen LogP contribution in [-0.2, 0) is 12.8 Å². The Labute approximate surface area is 101 Å². The van der Waals surface area contributed by atoms with Gasteiger partial charge in [-0.2, -0.15) is 0 Å². The SMILES string of the molecule is Cc1c(C(C)C)nc2c(c1OC(N)=O)CCC2. The molecule has 0 spiro atoms. The minimum atomic E-state index is -0.747. The summed E-state index contributed by atoms with van der Waals surface area (Å²) in [4.78, 5) is 15.7. The van der Waals surface area contributed by atoms with E-state index in [1.165, 1.54) is 0 Å². The second kappa shape index (κ2) is 4.35. The van der Waals surface area contributed by atoms with Crippen LogP contribution in [0.4, 0.5) is 4.79 Å². The van der Waals surface area contributed by atoms with Gasteiger partial charge in [0.05, 0.1) is 0 Å². The quantitative estimate of drug-likeness (QED) is 0.854. The summed E-state index contributed by atoms with van der Waals surface area (Å²) in [6.45, 7) is 6.12. The summed E-state index contributed by atoms with van der Waals surface area (Å²) in [6.07, 6.45) is 2.20. The molecular weight excluding hydrogens is 216 g/mol. The van der Waals surface area contributed by atoms with Crippen molar-refractivity contribution in [2.24, 2.45) is 5.73 Å². The summed E-state index contributed by atoms with van der Waals surface area (Å²) >= 11 is 0. The van der Waals surface area contributed by atoms with E-state index in [0.717, 1.165) is 41.8 Å². The first-order valence-electron chi connectivity index (χ1n) is 6.00. The molecule has 0 saturated carbocycles. The maximum Gasteiger partial charge on any atom is 0.409 e. The summed E-state index contributed by atoms with van der Waals surface area (Å²) in [6, 6.07) is 0. The Morgan fingerprint density at radius 3 is 2.71 bits per heavy atom. The molecule has 2 rings (SSSR count). The zero-order chi connectivity index (χ0) is 12.6. The smallest absolute Gasteiger partial charge is 0.409 e. The fourth-order valence-electron chi connectivity index (χ4n) is 2.47. The minimum absolute atomic E-state index is 0.316. The molecule has 0 unspecified atom stereocenters. The number of aryl methyl sites for hydroxylation is 1. The second-order valence-corrected chi connectivity index (χ2v) is 4.81. The van der Waals surface area contributed by atoms with Gasteiger partial charge in [0.25, 0.3) is 0 Å². The van der Waals surface area contributed by atoms with Gasteiger partial charge in [-0.3, -0.25) is 4.98 Å². The van der Waals surface area contributed by atoms with Crippen molar-refractivity contribution in [3.05, 3.63) is 22.5 Å². The topological polar surface area (TPSA) is 65.2 Å². The van der Waals surface area contributed by atoms with Gasteiger partial charge in [0.1, 0.15) is 5.75 Å². The number of hydrogen-bond donors (Lipinski definition) is 1. The van der Waals surface area contributed by atoms with Gasteiger partial charge in [-0.1, -0.05) is 13.8 Å². The Morgan fingerprint density at radius 2 is 2.12 bits per heavy atom. The van der Waals surface area contributed by atoms with E-state index in [2.05, 4.69) is 18.8 Å². The number of nitrogens with two attached hydrogens (primary N) is 1. The molecule has 4 nitrogen and oxygen atoms in total. The minimum Gasteiger partial charge on any atom is -0.410 e. The van der Waals surface area contributed by atoms with E-state index >= 15 is 0 Å². The standard InChI is InChI=1S/C13H18N2O2/c1-7(2)11-8(3)12(17-13(14)16)9-5-4-6-10(9)15-11/h7H,4-6H2,1-3H3,(H2,14,16). The Kier molecular flexibility index (Phi) is 3.05. The Morgan fingerprint density at radius 1 is 1.41 bits per heavy atom. The first kappa shape index (κ1) is 11.9. The molecule has 1 aromatic heterocycles. The highest BCUT2D eigenvalue weighted by Gasteiger charge is 2.24. The third-order valence-electron chi connectivity index (χ3n) is 3.19. The maximum atomic E-state index is 11.0. The van der Waals surface area contributed by atoms with Crippen LogP contribution in [-0.4, -0.2) is 11.1 Å². The van der Waals surface area contributed by atoms with Crippen LogP contribution in [0.2, 0.25) is 0 Å². The van der Waals surface area contributed by atoms with Crippen molar-refractivity contribution >= 4 is 6.09 Å². The third kappa shape index (κ3) is 2.12. The summed E-state index contributed by atoms with van der Waals surface area (Å²) < 4.78 is 5.18. The molecule has 0 atom stereocenters. The Balaban J connectivity index is 2.57. The molecule has 0 bridgehead atoms. The molecule has 1 heterocycles. The Bertz CT molecular complexity index is 467. The van der Waals surface area contributed by atoms with Gasteiger partial charge in [0, 0.05) is 22.5 Å². The lowest BCUT2D eigenvalue weighted by Gasteiger charge is -2.16. The van der Waals surface area contributed by atoms with Gasteiger partial charge in [-0.15, -0.1) is 0 Å². The summed E-state index contributed by atoms with van der Waals surface area (Å²) in [5.41, 5.74) is 9.20. The number of fused-ring (bicyclic) bond motifs is 1. The number of hydrogen-bond acceptors (Lipinski definition) is 3. The van der Waals surface area contributed by atoms with Crippen LogP contribution in [0, 0.1) is 6.92 Å². The van der Waals surface area contributed by atoms with Crippen LogP contribution in [0.3, 0.4) is 0 Å². The third-order valence-corrected chi connectivity index (χ3v) is 3.19.